The van der Waals surface area contributed by atoms with Crippen LogP contribution in [0.25, 0.3) is 0 Å². The Morgan fingerprint density at radius 2 is 1.79 bits per heavy atom. The Morgan fingerprint density at radius 1 is 1.08 bits per heavy atom. The molecule has 0 spiro atoms. The van der Waals surface area contributed by atoms with Crippen LogP contribution in [0.15, 0.2) is 54.9 Å². The van der Waals surface area contributed by atoms with Crippen LogP contribution >= 0.6 is 23.2 Å². The quantitative estimate of drug-likeness (QED) is 0.379. The maximum absolute atomic E-state index is 14.3. The Morgan fingerprint density at radius 3 is 2.38 bits per heavy atom. The number of nitrogens with zero attached hydrogens (tertiary/aromatic N) is 3. The molecule has 1 aliphatic heterocycles. The number of carbonyl (C=O) groups excluding carboxylic acids is 1. The number of sulfone groups is 1. The molecule has 1 aromatic heterocycles. The molecule has 3 aromatic rings. The number of aromatic amines is 1. The smallest absolute Gasteiger partial charge is 0.253 e. The van der Waals surface area contributed by atoms with Crippen molar-refractivity contribution in [3.63, 3.8) is 0 Å². The topological polar surface area (TPSA) is 105 Å². The van der Waals surface area contributed by atoms with E-state index in [2.05, 4.69) is 15.2 Å². The maximum Gasteiger partial charge on any atom is 0.253 e. The van der Waals surface area contributed by atoms with E-state index in [0.717, 1.165) is 24.0 Å². The minimum absolute atomic E-state index is 0.0740. The summed E-state index contributed by atoms with van der Waals surface area (Å²) < 4.78 is 32.7. The molecule has 1 saturated heterocycles. The molecule has 2 aliphatic rings. The van der Waals surface area contributed by atoms with E-state index in [1.165, 1.54) is 6.33 Å². The Bertz CT molecular complexity index is 1420. The summed E-state index contributed by atoms with van der Waals surface area (Å²) in [4.78, 5) is 20.3. The van der Waals surface area contributed by atoms with Crippen LogP contribution in [0.1, 0.15) is 62.7 Å². The molecule has 2 aromatic carbocycles. The SMILES string of the molecule is CC(C)(C)S(=O)(=O)CC(C1CC1)N1C(=O)C(Cc2ncn[nH]2)OC(c2cccc(Cl)c2)C1c1ccc(Cl)cc1. The minimum atomic E-state index is -3.55. The fourth-order valence-electron chi connectivity index (χ4n) is 5.11. The van der Waals surface area contributed by atoms with Gasteiger partial charge in [-0.3, -0.25) is 9.89 Å². The van der Waals surface area contributed by atoms with Crippen LogP contribution in [0.4, 0.5) is 0 Å². The Labute approximate surface area is 239 Å². The molecular weight excluding hydrogens is 559 g/mol. The van der Waals surface area contributed by atoms with Crippen molar-refractivity contribution in [3.8, 4) is 0 Å². The van der Waals surface area contributed by atoms with Crippen LogP contribution in [-0.4, -0.2) is 57.1 Å². The second kappa shape index (κ2) is 10.8. The van der Waals surface area contributed by atoms with Crippen LogP contribution < -0.4 is 0 Å². The molecule has 4 atom stereocenters. The van der Waals surface area contributed by atoms with Crippen LogP contribution in [0.2, 0.25) is 10.0 Å². The highest BCUT2D eigenvalue weighted by molar-refractivity contribution is 7.92. The summed E-state index contributed by atoms with van der Waals surface area (Å²) in [5.74, 6) is 0.179. The summed E-state index contributed by atoms with van der Waals surface area (Å²) in [6, 6.07) is 13.5. The van der Waals surface area contributed by atoms with E-state index in [0.29, 0.717) is 15.9 Å². The number of carbonyl (C=O) groups is 1. The number of H-pyrrole nitrogens is 1. The van der Waals surface area contributed by atoms with Gasteiger partial charge in [0.2, 0.25) is 0 Å². The lowest BCUT2D eigenvalue weighted by atomic mass is 9.89. The highest BCUT2D eigenvalue weighted by atomic mass is 35.5. The number of hydrogen-bond acceptors (Lipinski definition) is 6. The van der Waals surface area contributed by atoms with Crippen molar-refractivity contribution in [1.82, 2.24) is 20.1 Å². The summed E-state index contributed by atoms with van der Waals surface area (Å²) in [6.45, 7) is 5.10. The number of aromatic nitrogens is 3. The lowest BCUT2D eigenvalue weighted by Crippen LogP contribution is -2.58. The minimum Gasteiger partial charge on any atom is -0.357 e. The van der Waals surface area contributed by atoms with Crippen molar-refractivity contribution >= 4 is 38.9 Å². The fourth-order valence-corrected chi connectivity index (χ4v) is 6.81. The molecule has 2 heterocycles. The zero-order valence-electron chi connectivity index (χ0n) is 22.1. The second-order valence-corrected chi connectivity index (χ2v) is 14.9. The third-order valence-electron chi connectivity index (χ3n) is 7.51. The van der Waals surface area contributed by atoms with E-state index in [1.54, 1.807) is 43.9 Å². The molecule has 1 amide bonds. The predicted octanol–water partition coefficient (Wildman–Crippen LogP) is 5.36. The summed E-state index contributed by atoms with van der Waals surface area (Å²) in [7, 11) is -3.55. The van der Waals surface area contributed by atoms with E-state index in [1.807, 2.05) is 30.3 Å². The lowest BCUT2D eigenvalue weighted by Gasteiger charge is -2.48. The van der Waals surface area contributed by atoms with Crippen LogP contribution in [0, 0.1) is 5.92 Å². The average molecular weight is 592 g/mol. The predicted molar refractivity (Wildman–Crippen MR) is 150 cm³/mol. The third-order valence-corrected chi connectivity index (χ3v) is 10.6. The van der Waals surface area contributed by atoms with Gasteiger partial charge in [-0.15, -0.1) is 0 Å². The molecule has 1 saturated carbocycles. The normalized spacial score (nSPS) is 23.2. The fraction of sp³-hybridized carbons (Fsp3) is 0.464. The number of halogens is 2. The van der Waals surface area contributed by atoms with Crippen molar-refractivity contribution in [2.24, 2.45) is 5.92 Å². The molecule has 0 radical (unpaired) electrons. The highest BCUT2D eigenvalue weighted by Crippen LogP contribution is 2.48. The number of amides is 1. The van der Waals surface area contributed by atoms with E-state index in [9.17, 15) is 13.2 Å². The van der Waals surface area contributed by atoms with Gasteiger partial charge in [0.25, 0.3) is 5.91 Å². The van der Waals surface area contributed by atoms with Crippen LogP contribution in [0.3, 0.4) is 0 Å². The van der Waals surface area contributed by atoms with Crippen molar-refractivity contribution < 1.29 is 17.9 Å². The first kappa shape index (κ1) is 28.1. The zero-order valence-corrected chi connectivity index (χ0v) is 24.4. The zero-order chi connectivity index (χ0) is 27.9. The number of hydrogen-bond donors (Lipinski definition) is 1. The summed E-state index contributed by atoms with van der Waals surface area (Å²) in [5.41, 5.74) is 1.59. The Hall–Kier alpha value is -2.46. The van der Waals surface area contributed by atoms with Gasteiger partial charge in [0, 0.05) is 22.5 Å². The molecule has 39 heavy (non-hydrogen) atoms. The van der Waals surface area contributed by atoms with Gasteiger partial charge in [0.1, 0.15) is 24.4 Å². The number of rotatable bonds is 8. The van der Waals surface area contributed by atoms with Gasteiger partial charge in [-0.2, -0.15) is 5.10 Å². The monoisotopic (exact) mass is 590 g/mol. The Balaban J connectivity index is 1.66. The first-order valence-electron chi connectivity index (χ1n) is 13.0. The molecule has 1 N–H and O–H groups in total. The van der Waals surface area contributed by atoms with Gasteiger partial charge in [-0.25, -0.2) is 13.4 Å². The van der Waals surface area contributed by atoms with Crippen molar-refractivity contribution in [1.29, 1.82) is 0 Å². The second-order valence-electron chi connectivity index (χ2n) is 11.3. The lowest BCUT2D eigenvalue weighted by molar-refractivity contribution is -0.179. The highest BCUT2D eigenvalue weighted by Gasteiger charge is 2.52. The van der Waals surface area contributed by atoms with Gasteiger partial charge in [-0.1, -0.05) is 47.5 Å². The molecule has 1 aliphatic carbocycles. The molecule has 4 unspecified atom stereocenters. The molecule has 8 nitrogen and oxygen atoms in total. The third kappa shape index (κ3) is 6.01. The first-order chi connectivity index (χ1) is 18.4. The largest absolute Gasteiger partial charge is 0.357 e. The summed E-state index contributed by atoms with van der Waals surface area (Å²) in [5, 5.41) is 7.82. The van der Waals surface area contributed by atoms with Gasteiger partial charge < -0.3 is 9.64 Å². The molecule has 5 rings (SSSR count). The molecule has 208 valence electrons. The molecule has 2 fully saturated rings. The van der Waals surface area contributed by atoms with Crippen molar-refractivity contribution in [3.05, 3.63) is 81.9 Å². The van der Waals surface area contributed by atoms with Crippen LogP contribution in [-0.2, 0) is 25.8 Å². The molecule has 11 heteroatoms. The molecule has 0 bridgehead atoms. The van der Waals surface area contributed by atoms with Gasteiger partial charge in [0.15, 0.2) is 9.84 Å². The maximum atomic E-state index is 14.3. The number of benzene rings is 2. The Kier molecular flexibility index (Phi) is 7.81. The van der Waals surface area contributed by atoms with Crippen molar-refractivity contribution in [2.75, 3.05) is 5.75 Å². The van der Waals surface area contributed by atoms with E-state index < -0.39 is 38.9 Å². The standard InChI is InChI=1S/C28H32Cl2N4O4S/c1-28(2,3)39(36,37)15-22(17-7-8-17)34-25(18-9-11-20(29)12-10-18)26(19-5-4-6-21(30)13-19)38-23(27(34)35)14-24-31-16-32-33-24/h4-6,9-13,16-17,22-23,25-26H,7-8,14-15H2,1-3H3,(H,31,32,33). The van der Waals surface area contributed by atoms with Crippen molar-refractivity contribution in [2.45, 2.75) is 69.1 Å². The first-order valence-corrected chi connectivity index (χ1v) is 15.4. The summed E-state index contributed by atoms with van der Waals surface area (Å²) in [6.07, 6.45) is 1.75. The number of morpholine rings is 1. The van der Waals surface area contributed by atoms with E-state index in [-0.39, 0.29) is 24.0 Å². The number of ether oxygens (including phenoxy) is 1. The average Bonchev–Trinajstić information content (AvgIpc) is 3.59. The van der Waals surface area contributed by atoms with Crippen LogP contribution in [0.5, 0.6) is 0 Å². The van der Waals surface area contributed by atoms with Gasteiger partial charge in [-0.05, 0) is 74.9 Å². The van der Waals surface area contributed by atoms with E-state index >= 15 is 0 Å². The van der Waals surface area contributed by atoms with Gasteiger partial charge in [0.05, 0.1) is 16.5 Å². The van der Waals surface area contributed by atoms with E-state index in [4.69, 9.17) is 27.9 Å². The molecular formula is C28H32Cl2N4O4S. The summed E-state index contributed by atoms with van der Waals surface area (Å²) >= 11 is 12.6. The van der Waals surface area contributed by atoms with Gasteiger partial charge >= 0.3 is 0 Å². The number of nitrogens with one attached hydrogen (secondary N) is 1.